The predicted octanol–water partition coefficient (Wildman–Crippen LogP) is 3.43. The first-order valence-corrected chi connectivity index (χ1v) is 6.99. The van der Waals surface area contributed by atoms with Crippen LogP contribution in [0, 0.1) is 17.6 Å². The van der Waals surface area contributed by atoms with Crippen LogP contribution in [0.2, 0.25) is 0 Å². The van der Waals surface area contributed by atoms with Crippen LogP contribution in [0.4, 0.5) is 8.78 Å². The van der Waals surface area contributed by atoms with Gasteiger partial charge in [0, 0.05) is 24.8 Å². The molecule has 0 aliphatic carbocycles. The molecule has 0 bridgehead atoms. The first-order chi connectivity index (χ1) is 9.24. The van der Waals surface area contributed by atoms with Gasteiger partial charge in [-0.2, -0.15) is 0 Å². The summed E-state index contributed by atoms with van der Waals surface area (Å²) in [7, 11) is 0. The van der Waals surface area contributed by atoms with Gasteiger partial charge in [-0.05, 0) is 43.9 Å². The molecular formula is C15H21F2NO. The van der Waals surface area contributed by atoms with Crippen LogP contribution in [0.1, 0.15) is 37.8 Å². The molecule has 1 aliphatic heterocycles. The normalized spacial score (nSPS) is 18.5. The molecule has 1 aromatic carbocycles. The number of rotatable bonds is 5. The summed E-state index contributed by atoms with van der Waals surface area (Å²) in [5, 5.41) is 3.30. The van der Waals surface area contributed by atoms with Crippen molar-refractivity contribution >= 4 is 0 Å². The van der Waals surface area contributed by atoms with E-state index in [2.05, 4.69) is 5.32 Å². The maximum Gasteiger partial charge on any atom is 0.130 e. The molecule has 19 heavy (non-hydrogen) atoms. The molecule has 1 aromatic rings. The summed E-state index contributed by atoms with van der Waals surface area (Å²) >= 11 is 0. The van der Waals surface area contributed by atoms with E-state index in [1.165, 1.54) is 18.2 Å². The van der Waals surface area contributed by atoms with Gasteiger partial charge in [0.05, 0.1) is 0 Å². The second-order valence-electron chi connectivity index (χ2n) is 5.02. The molecule has 2 nitrogen and oxygen atoms in total. The smallest absolute Gasteiger partial charge is 0.130 e. The molecule has 2 rings (SSSR count). The zero-order chi connectivity index (χ0) is 13.7. The third-order valence-corrected chi connectivity index (χ3v) is 3.66. The summed E-state index contributed by atoms with van der Waals surface area (Å²) in [6.45, 7) is 4.15. The van der Waals surface area contributed by atoms with Gasteiger partial charge in [-0.15, -0.1) is 0 Å². The van der Waals surface area contributed by atoms with Crippen LogP contribution in [0.3, 0.4) is 0 Å². The van der Waals surface area contributed by atoms with E-state index in [1.54, 1.807) is 0 Å². The molecule has 1 atom stereocenters. The highest BCUT2D eigenvalue weighted by Gasteiger charge is 2.29. The van der Waals surface area contributed by atoms with E-state index in [9.17, 15) is 8.78 Å². The van der Waals surface area contributed by atoms with Crippen molar-refractivity contribution in [3.05, 3.63) is 35.4 Å². The van der Waals surface area contributed by atoms with E-state index >= 15 is 0 Å². The van der Waals surface area contributed by atoms with Gasteiger partial charge in [0.1, 0.15) is 11.6 Å². The predicted molar refractivity (Wildman–Crippen MR) is 70.9 cm³/mol. The van der Waals surface area contributed by atoms with Gasteiger partial charge in [0.2, 0.25) is 0 Å². The van der Waals surface area contributed by atoms with Gasteiger partial charge in [0.15, 0.2) is 0 Å². The largest absolute Gasteiger partial charge is 0.381 e. The highest BCUT2D eigenvalue weighted by Crippen LogP contribution is 2.32. The Kier molecular flexibility index (Phi) is 5.28. The zero-order valence-corrected chi connectivity index (χ0v) is 11.3. The van der Waals surface area contributed by atoms with Gasteiger partial charge in [0.25, 0.3) is 0 Å². The third kappa shape index (κ3) is 3.51. The lowest BCUT2D eigenvalue weighted by molar-refractivity contribution is 0.0526. The molecule has 0 radical (unpaired) electrons. The molecule has 0 spiro atoms. The Balaban J connectivity index is 2.25. The fourth-order valence-electron chi connectivity index (χ4n) is 2.66. The Hall–Kier alpha value is -1.00. The molecule has 1 unspecified atom stereocenters. The van der Waals surface area contributed by atoms with Crippen LogP contribution in [0.25, 0.3) is 0 Å². The molecule has 1 N–H and O–H groups in total. The number of halogens is 2. The van der Waals surface area contributed by atoms with Gasteiger partial charge >= 0.3 is 0 Å². The van der Waals surface area contributed by atoms with Crippen molar-refractivity contribution < 1.29 is 13.5 Å². The quantitative estimate of drug-likeness (QED) is 0.884. The lowest BCUT2D eigenvalue weighted by atomic mass is 9.86. The average Bonchev–Trinajstić information content (AvgIpc) is 2.43. The molecule has 0 saturated carbocycles. The Bertz CT molecular complexity index is 385. The van der Waals surface area contributed by atoms with E-state index in [0.29, 0.717) is 13.2 Å². The van der Waals surface area contributed by atoms with E-state index in [4.69, 9.17) is 4.74 Å². The molecule has 1 aliphatic rings. The van der Waals surface area contributed by atoms with Gasteiger partial charge in [-0.25, -0.2) is 8.78 Å². The van der Waals surface area contributed by atoms with Gasteiger partial charge < -0.3 is 10.1 Å². The summed E-state index contributed by atoms with van der Waals surface area (Å²) in [6.07, 6.45) is 2.63. The van der Waals surface area contributed by atoms with Crippen molar-refractivity contribution in [2.75, 3.05) is 19.8 Å². The number of hydrogen-bond acceptors (Lipinski definition) is 2. The van der Waals surface area contributed by atoms with E-state index in [1.807, 2.05) is 6.92 Å². The number of benzene rings is 1. The Labute approximate surface area is 113 Å². The molecule has 1 saturated heterocycles. The van der Waals surface area contributed by atoms with Crippen LogP contribution in [-0.4, -0.2) is 19.8 Å². The Morgan fingerprint density at radius 1 is 1.26 bits per heavy atom. The SMILES string of the molecule is CCCNC(c1c(F)cccc1F)C1CCOCC1. The lowest BCUT2D eigenvalue weighted by Crippen LogP contribution is -2.33. The molecule has 1 heterocycles. The Morgan fingerprint density at radius 2 is 1.89 bits per heavy atom. The summed E-state index contributed by atoms with van der Waals surface area (Å²) in [5.74, 6) is -0.688. The van der Waals surface area contributed by atoms with Crippen LogP contribution >= 0.6 is 0 Å². The van der Waals surface area contributed by atoms with E-state index in [-0.39, 0.29) is 17.5 Å². The third-order valence-electron chi connectivity index (χ3n) is 3.66. The second-order valence-corrected chi connectivity index (χ2v) is 5.02. The molecule has 4 heteroatoms. The van der Waals surface area contributed by atoms with Crippen LogP contribution in [-0.2, 0) is 4.74 Å². The van der Waals surface area contributed by atoms with E-state index < -0.39 is 11.6 Å². The molecule has 0 amide bonds. The van der Waals surface area contributed by atoms with Crippen molar-refractivity contribution in [1.82, 2.24) is 5.32 Å². The summed E-state index contributed by atoms with van der Waals surface area (Å²) in [5.41, 5.74) is 0.183. The van der Waals surface area contributed by atoms with Crippen molar-refractivity contribution in [2.24, 2.45) is 5.92 Å². The number of nitrogens with one attached hydrogen (secondary N) is 1. The summed E-state index contributed by atoms with van der Waals surface area (Å²) in [6, 6.07) is 3.82. The van der Waals surface area contributed by atoms with Crippen LogP contribution in [0.15, 0.2) is 18.2 Å². The highest BCUT2D eigenvalue weighted by atomic mass is 19.1. The van der Waals surface area contributed by atoms with Crippen molar-refractivity contribution in [2.45, 2.75) is 32.2 Å². The maximum absolute atomic E-state index is 14.0. The molecular weight excluding hydrogens is 248 g/mol. The van der Waals surface area contributed by atoms with Crippen molar-refractivity contribution in [3.63, 3.8) is 0 Å². The lowest BCUT2D eigenvalue weighted by Gasteiger charge is -2.31. The minimum Gasteiger partial charge on any atom is -0.381 e. The topological polar surface area (TPSA) is 21.3 Å². The molecule has 1 fully saturated rings. The standard InChI is InChI=1S/C15H21F2NO/c1-2-8-18-15(11-6-9-19-10-7-11)14-12(16)4-3-5-13(14)17/h3-5,11,15,18H,2,6-10H2,1H3. The van der Waals surface area contributed by atoms with Crippen LogP contribution < -0.4 is 5.32 Å². The van der Waals surface area contributed by atoms with Gasteiger partial charge in [-0.3, -0.25) is 0 Å². The average molecular weight is 269 g/mol. The van der Waals surface area contributed by atoms with Crippen LogP contribution in [0.5, 0.6) is 0 Å². The monoisotopic (exact) mass is 269 g/mol. The van der Waals surface area contributed by atoms with Crippen molar-refractivity contribution in [1.29, 1.82) is 0 Å². The minimum absolute atomic E-state index is 0.183. The van der Waals surface area contributed by atoms with Crippen molar-refractivity contribution in [3.8, 4) is 0 Å². The van der Waals surface area contributed by atoms with E-state index in [0.717, 1.165) is 25.8 Å². The summed E-state index contributed by atoms with van der Waals surface area (Å²) in [4.78, 5) is 0. The summed E-state index contributed by atoms with van der Waals surface area (Å²) < 4.78 is 33.3. The zero-order valence-electron chi connectivity index (χ0n) is 11.3. The van der Waals surface area contributed by atoms with Gasteiger partial charge in [-0.1, -0.05) is 13.0 Å². The Morgan fingerprint density at radius 3 is 2.47 bits per heavy atom. The maximum atomic E-state index is 14.0. The fourth-order valence-corrected chi connectivity index (χ4v) is 2.66. The molecule has 106 valence electrons. The first-order valence-electron chi connectivity index (χ1n) is 6.99. The first kappa shape index (κ1) is 14.4. The minimum atomic E-state index is -0.458. The number of hydrogen-bond donors (Lipinski definition) is 1. The number of ether oxygens (including phenoxy) is 1. The molecule has 0 aromatic heterocycles. The fraction of sp³-hybridized carbons (Fsp3) is 0.600. The highest BCUT2D eigenvalue weighted by molar-refractivity contribution is 5.24. The second kappa shape index (κ2) is 6.96.